The van der Waals surface area contributed by atoms with Crippen LogP contribution in [0, 0.1) is 12.3 Å². The molecule has 2 rings (SSSR count). The summed E-state index contributed by atoms with van der Waals surface area (Å²) in [6, 6.07) is 4.22. The Morgan fingerprint density at radius 1 is 1.19 bits per heavy atom. The second-order valence-electron chi connectivity index (χ2n) is 5.48. The molecule has 0 fully saturated rings. The third kappa shape index (κ3) is 2.41. The standard InChI is InChI=1S/C15H19N/c1-11-5-6-14(16-10-11)13-7-12(2)8-15(3,4)9-13/h5-7,9-10H,8H2,1-4H3. The van der Waals surface area contributed by atoms with Crippen molar-refractivity contribution < 1.29 is 0 Å². The number of nitrogens with zero attached hydrogens (tertiary/aromatic N) is 1. The molecule has 1 heteroatoms. The quantitative estimate of drug-likeness (QED) is 0.683. The van der Waals surface area contributed by atoms with Crippen molar-refractivity contribution in [3.63, 3.8) is 0 Å². The second-order valence-corrected chi connectivity index (χ2v) is 5.48. The van der Waals surface area contributed by atoms with Crippen molar-refractivity contribution in [3.05, 3.63) is 47.3 Å². The maximum atomic E-state index is 4.49. The molecule has 1 nitrogen and oxygen atoms in total. The van der Waals surface area contributed by atoms with Crippen molar-refractivity contribution in [3.8, 4) is 0 Å². The Hall–Kier alpha value is -1.37. The van der Waals surface area contributed by atoms with Crippen LogP contribution in [0.3, 0.4) is 0 Å². The molecule has 0 aliphatic heterocycles. The van der Waals surface area contributed by atoms with Gasteiger partial charge in [-0.3, -0.25) is 4.98 Å². The highest BCUT2D eigenvalue weighted by Crippen LogP contribution is 2.35. The van der Waals surface area contributed by atoms with Crippen LogP contribution in [0.2, 0.25) is 0 Å². The van der Waals surface area contributed by atoms with E-state index in [2.05, 4.69) is 57.0 Å². The maximum Gasteiger partial charge on any atom is 0.0699 e. The summed E-state index contributed by atoms with van der Waals surface area (Å²) in [4.78, 5) is 4.49. The first-order chi connectivity index (χ1) is 7.46. The molecule has 0 atom stereocenters. The van der Waals surface area contributed by atoms with Crippen LogP contribution in [-0.4, -0.2) is 4.98 Å². The molecule has 0 saturated heterocycles. The lowest BCUT2D eigenvalue weighted by atomic mass is 9.79. The molecule has 0 amide bonds. The minimum atomic E-state index is 0.251. The zero-order valence-electron chi connectivity index (χ0n) is 10.5. The molecule has 16 heavy (non-hydrogen) atoms. The average molecular weight is 213 g/mol. The van der Waals surface area contributed by atoms with Gasteiger partial charge in [0.05, 0.1) is 5.69 Å². The number of rotatable bonds is 1. The number of hydrogen-bond donors (Lipinski definition) is 0. The van der Waals surface area contributed by atoms with Crippen molar-refractivity contribution >= 4 is 5.57 Å². The van der Waals surface area contributed by atoms with Crippen molar-refractivity contribution in [1.82, 2.24) is 4.98 Å². The highest BCUT2D eigenvalue weighted by Gasteiger charge is 2.20. The molecule has 1 aliphatic rings. The van der Waals surface area contributed by atoms with Crippen molar-refractivity contribution in [2.24, 2.45) is 5.41 Å². The van der Waals surface area contributed by atoms with Crippen LogP contribution in [0.5, 0.6) is 0 Å². The van der Waals surface area contributed by atoms with Crippen LogP contribution in [0.4, 0.5) is 0 Å². The first-order valence-corrected chi connectivity index (χ1v) is 5.79. The topological polar surface area (TPSA) is 12.9 Å². The number of aromatic nitrogens is 1. The Morgan fingerprint density at radius 2 is 1.94 bits per heavy atom. The van der Waals surface area contributed by atoms with Crippen LogP contribution >= 0.6 is 0 Å². The lowest BCUT2D eigenvalue weighted by Crippen LogP contribution is -2.12. The van der Waals surface area contributed by atoms with E-state index in [1.807, 2.05) is 6.20 Å². The Balaban J connectivity index is 2.40. The summed E-state index contributed by atoms with van der Waals surface area (Å²) in [5, 5.41) is 0. The van der Waals surface area contributed by atoms with E-state index < -0.39 is 0 Å². The van der Waals surface area contributed by atoms with Gasteiger partial charge in [-0.25, -0.2) is 0 Å². The Morgan fingerprint density at radius 3 is 2.50 bits per heavy atom. The van der Waals surface area contributed by atoms with Gasteiger partial charge in [0.2, 0.25) is 0 Å². The predicted molar refractivity (Wildman–Crippen MR) is 69.1 cm³/mol. The number of aryl methyl sites for hydroxylation is 1. The molecule has 0 radical (unpaired) electrons. The smallest absolute Gasteiger partial charge is 0.0699 e. The highest BCUT2D eigenvalue weighted by atomic mass is 14.7. The third-order valence-electron chi connectivity index (χ3n) is 2.89. The van der Waals surface area contributed by atoms with E-state index in [9.17, 15) is 0 Å². The van der Waals surface area contributed by atoms with E-state index in [1.54, 1.807) is 0 Å². The predicted octanol–water partition coefficient (Wildman–Crippen LogP) is 4.15. The van der Waals surface area contributed by atoms with Gasteiger partial charge in [0.25, 0.3) is 0 Å². The Bertz CT molecular complexity index is 447. The fourth-order valence-corrected chi connectivity index (χ4v) is 2.34. The van der Waals surface area contributed by atoms with Crippen LogP contribution in [0.1, 0.15) is 38.4 Å². The average Bonchev–Trinajstić information content (AvgIpc) is 2.15. The second kappa shape index (κ2) is 3.89. The molecule has 1 aromatic rings. The minimum Gasteiger partial charge on any atom is -0.256 e. The van der Waals surface area contributed by atoms with Crippen molar-refractivity contribution in [2.75, 3.05) is 0 Å². The van der Waals surface area contributed by atoms with E-state index in [1.165, 1.54) is 16.7 Å². The molecule has 0 N–H and O–H groups in total. The largest absolute Gasteiger partial charge is 0.256 e. The molecular weight excluding hydrogens is 194 g/mol. The summed E-state index contributed by atoms with van der Waals surface area (Å²) in [6.07, 6.45) is 7.66. The molecule has 0 spiro atoms. The van der Waals surface area contributed by atoms with Gasteiger partial charge in [-0.1, -0.05) is 37.6 Å². The molecule has 1 aliphatic carbocycles. The van der Waals surface area contributed by atoms with Gasteiger partial charge in [-0.2, -0.15) is 0 Å². The summed E-state index contributed by atoms with van der Waals surface area (Å²) >= 11 is 0. The summed E-state index contributed by atoms with van der Waals surface area (Å²) in [6.45, 7) is 8.81. The van der Waals surface area contributed by atoms with Gasteiger partial charge in [-0.05, 0) is 42.9 Å². The lowest BCUT2D eigenvalue weighted by Gasteiger charge is -2.26. The van der Waals surface area contributed by atoms with Gasteiger partial charge in [0.15, 0.2) is 0 Å². The lowest BCUT2D eigenvalue weighted by molar-refractivity contribution is 0.472. The summed E-state index contributed by atoms with van der Waals surface area (Å²) in [7, 11) is 0. The molecular formula is C15H19N. The third-order valence-corrected chi connectivity index (χ3v) is 2.89. The molecule has 84 valence electrons. The van der Waals surface area contributed by atoms with Crippen LogP contribution in [-0.2, 0) is 0 Å². The molecule has 1 aromatic heterocycles. The van der Waals surface area contributed by atoms with E-state index in [-0.39, 0.29) is 5.41 Å². The van der Waals surface area contributed by atoms with E-state index in [4.69, 9.17) is 0 Å². The highest BCUT2D eigenvalue weighted by molar-refractivity contribution is 5.74. The van der Waals surface area contributed by atoms with Gasteiger partial charge in [-0.15, -0.1) is 0 Å². The monoisotopic (exact) mass is 213 g/mol. The van der Waals surface area contributed by atoms with Crippen molar-refractivity contribution in [1.29, 1.82) is 0 Å². The number of hydrogen-bond acceptors (Lipinski definition) is 1. The molecule has 0 saturated carbocycles. The molecule has 0 unspecified atom stereocenters. The van der Waals surface area contributed by atoms with E-state index in [0.717, 1.165) is 12.1 Å². The molecule has 1 heterocycles. The van der Waals surface area contributed by atoms with E-state index in [0.29, 0.717) is 0 Å². The maximum absolute atomic E-state index is 4.49. The summed E-state index contributed by atoms with van der Waals surface area (Å²) in [5.74, 6) is 0. The number of pyridine rings is 1. The zero-order chi connectivity index (χ0) is 11.8. The summed E-state index contributed by atoms with van der Waals surface area (Å²) < 4.78 is 0. The van der Waals surface area contributed by atoms with Crippen molar-refractivity contribution in [2.45, 2.75) is 34.1 Å². The Labute approximate surface area is 97.9 Å². The van der Waals surface area contributed by atoms with Crippen LogP contribution in [0.25, 0.3) is 5.57 Å². The SMILES string of the molecule is CC1=CC(c2ccc(C)cn2)=CC(C)(C)C1. The van der Waals surface area contributed by atoms with Gasteiger partial charge in [0, 0.05) is 6.20 Å². The first kappa shape index (κ1) is 11.1. The Kier molecular flexibility index (Phi) is 2.71. The van der Waals surface area contributed by atoms with Gasteiger partial charge >= 0.3 is 0 Å². The minimum absolute atomic E-state index is 0.251. The van der Waals surface area contributed by atoms with Crippen LogP contribution in [0.15, 0.2) is 36.1 Å². The fourth-order valence-electron chi connectivity index (χ4n) is 2.34. The van der Waals surface area contributed by atoms with Gasteiger partial charge in [0.1, 0.15) is 0 Å². The fraction of sp³-hybridized carbons (Fsp3) is 0.400. The molecule has 0 bridgehead atoms. The molecule has 0 aromatic carbocycles. The van der Waals surface area contributed by atoms with Gasteiger partial charge < -0.3 is 0 Å². The normalized spacial score (nSPS) is 19.0. The zero-order valence-corrected chi connectivity index (χ0v) is 10.5. The summed E-state index contributed by atoms with van der Waals surface area (Å²) in [5.41, 5.74) is 5.23. The number of allylic oxidation sites excluding steroid dienone is 4. The van der Waals surface area contributed by atoms with E-state index >= 15 is 0 Å². The first-order valence-electron chi connectivity index (χ1n) is 5.79. The van der Waals surface area contributed by atoms with Crippen LogP contribution < -0.4 is 0 Å².